The van der Waals surface area contributed by atoms with Gasteiger partial charge in [0, 0.05) is 44.5 Å². The van der Waals surface area contributed by atoms with Crippen LogP contribution >= 0.6 is 0 Å². The molecule has 1 aromatic rings. The summed E-state index contributed by atoms with van der Waals surface area (Å²) in [5.74, 6) is 0. The molecule has 2 saturated heterocycles. The number of morpholine rings is 1. The zero-order valence-electron chi connectivity index (χ0n) is 12.0. The van der Waals surface area contributed by atoms with Crippen molar-refractivity contribution < 1.29 is 4.74 Å². The summed E-state index contributed by atoms with van der Waals surface area (Å²) in [4.78, 5) is 5.15. The predicted molar refractivity (Wildman–Crippen MR) is 80.2 cm³/mol. The number of benzene rings is 1. The predicted octanol–water partition coefficient (Wildman–Crippen LogP) is 0.853. The van der Waals surface area contributed by atoms with Gasteiger partial charge in [-0.25, -0.2) is 0 Å². The van der Waals surface area contributed by atoms with Crippen molar-refractivity contribution in [2.24, 2.45) is 0 Å². The molecule has 0 aliphatic carbocycles. The number of hydrogen-bond acceptors (Lipinski definition) is 4. The average Bonchev–Trinajstić information content (AvgIpc) is 2.47. The van der Waals surface area contributed by atoms with Gasteiger partial charge in [0.15, 0.2) is 0 Å². The van der Waals surface area contributed by atoms with E-state index in [1.165, 1.54) is 30.8 Å². The third-order valence-electron chi connectivity index (χ3n) is 4.88. The Morgan fingerprint density at radius 1 is 1.15 bits per heavy atom. The molecule has 0 spiro atoms. The van der Waals surface area contributed by atoms with Gasteiger partial charge in [-0.15, -0.1) is 0 Å². The monoisotopic (exact) mass is 273 g/mol. The van der Waals surface area contributed by atoms with E-state index in [1.807, 2.05) is 0 Å². The molecule has 20 heavy (non-hydrogen) atoms. The molecule has 0 unspecified atom stereocenters. The third kappa shape index (κ3) is 2.22. The van der Waals surface area contributed by atoms with Gasteiger partial charge >= 0.3 is 0 Å². The maximum Gasteiger partial charge on any atom is 0.0594 e. The van der Waals surface area contributed by atoms with Crippen LogP contribution in [-0.2, 0) is 17.7 Å². The minimum atomic E-state index is 0.733. The maximum absolute atomic E-state index is 5.44. The van der Waals surface area contributed by atoms with Crippen molar-refractivity contribution in [2.45, 2.75) is 19.0 Å². The molecular formula is C16H23N3O. The number of nitrogens with zero attached hydrogens (tertiary/aromatic N) is 2. The van der Waals surface area contributed by atoms with Gasteiger partial charge in [0.05, 0.1) is 13.2 Å². The van der Waals surface area contributed by atoms with E-state index in [0.717, 1.165) is 45.4 Å². The standard InChI is InChI=1S/C16H23N3O/c1-2-13-10-17-5-4-15(13)16(3-1)19-11-14(12-19)18-6-8-20-9-7-18/h1-3,14,17H,4-12H2. The van der Waals surface area contributed by atoms with Crippen molar-refractivity contribution in [3.63, 3.8) is 0 Å². The molecule has 3 aliphatic rings. The van der Waals surface area contributed by atoms with Crippen molar-refractivity contribution in [1.82, 2.24) is 10.2 Å². The van der Waals surface area contributed by atoms with Gasteiger partial charge in [0.1, 0.15) is 0 Å². The molecule has 0 amide bonds. The van der Waals surface area contributed by atoms with Gasteiger partial charge in [-0.05, 0) is 30.2 Å². The van der Waals surface area contributed by atoms with Gasteiger partial charge in [-0.1, -0.05) is 12.1 Å². The Hall–Kier alpha value is -1.10. The molecular weight excluding hydrogens is 250 g/mol. The summed E-state index contributed by atoms with van der Waals surface area (Å²) in [5.41, 5.74) is 4.55. The number of anilines is 1. The van der Waals surface area contributed by atoms with Gasteiger partial charge < -0.3 is 15.0 Å². The third-order valence-corrected chi connectivity index (χ3v) is 4.88. The lowest BCUT2D eigenvalue weighted by Crippen LogP contribution is -2.61. The summed E-state index contributed by atoms with van der Waals surface area (Å²) in [6.45, 7) is 8.54. The second-order valence-electron chi connectivity index (χ2n) is 6.05. The first-order valence-corrected chi connectivity index (χ1v) is 7.80. The molecule has 0 saturated carbocycles. The molecule has 4 rings (SSSR count). The van der Waals surface area contributed by atoms with Crippen molar-refractivity contribution in [1.29, 1.82) is 0 Å². The van der Waals surface area contributed by atoms with Gasteiger partial charge in [-0.3, -0.25) is 4.90 Å². The van der Waals surface area contributed by atoms with E-state index in [4.69, 9.17) is 4.74 Å². The SMILES string of the molecule is c1cc2c(c(N3CC(N4CCOCC4)C3)c1)CCNC2. The molecule has 3 aliphatic heterocycles. The van der Waals surface area contributed by atoms with Crippen molar-refractivity contribution >= 4 is 5.69 Å². The topological polar surface area (TPSA) is 27.7 Å². The molecule has 0 bridgehead atoms. The Labute approximate surface area is 120 Å². The molecule has 0 radical (unpaired) electrons. The summed E-state index contributed by atoms with van der Waals surface area (Å²) in [7, 11) is 0. The van der Waals surface area contributed by atoms with Crippen LogP contribution in [0, 0.1) is 0 Å². The number of nitrogens with one attached hydrogen (secondary N) is 1. The van der Waals surface area contributed by atoms with Crippen LogP contribution in [-0.4, -0.2) is 56.9 Å². The minimum absolute atomic E-state index is 0.733. The molecule has 4 heteroatoms. The summed E-state index contributed by atoms with van der Waals surface area (Å²) >= 11 is 0. The molecule has 0 aromatic heterocycles. The van der Waals surface area contributed by atoms with E-state index < -0.39 is 0 Å². The van der Waals surface area contributed by atoms with Crippen molar-refractivity contribution in [3.05, 3.63) is 29.3 Å². The minimum Gasteiger partial charge on any atom is -0.379 e. The number of rotatable bonds is 2. The second-order valence-corrected chi connectivity index (χ2v) is 6.05. The van der Waals surface area contributed by atoms with Gasteiger partial charge in [-0.2, -0.15) is 0 Å². The number of ether oxygens (including phenoxy) is 1. The van der Waals surface area contributed by atoms with Crippen LogP contribution in [0.3, 0.4) is 0 Å². The average molecular weight is 273 g/mol. The zero-order chi connectivity index (χ0) is 13.4. The fraction of sp³-hybridized carbons (Fsp3) is 0.625. The second kappa shape index (κ2) is 5.35. The normalized spacial score (nSPS) is 24.3. The molecule has 2 fully saturated rings. The van der Waals surface area contributed by atoms with E-state index in [9.17, 15) is 0 Å². The Morgan fingerprint density at radius 3 is 2.85 bits per heavy atom. The van der Waals surface area contributed by atoms with E-state index in [0.29, 0.717) is 0 Å². The van der Waals surface area contributed by atoms with Crippen molar-refractivity contribution in [3.8, 4) is 0 Å². The summed E-state index contributed by atoms with van der Waals surface area (Å²) < 4.78 is 5.44. The van der Waals surface area contributed by atoms with Crippen LogP contribution in [0.4, 0.5) is 5.69 Å². The molecule has 4 nitrogen and oxygen atoms in total. The van der Waals surface area contributed by atoms with Crippen LogP contribution in [0.15, 0.2) is 18.2 Å². The maximum atomic E-state index is 5.44. The Kier molecular flexibility index (Phi) is 3.38. The summed E-state index contributed by atoms with van der Waals surface area (Å²) in [6, 6.07) is 7.52. The fourth-order valence-corrected chi connectivity index (χ4v) is 3.63. The molecule has 0 atom stereocenters. The highest BCUT2D eigenvalue weighted by Gasteiger charge is 2.33. The van der Waals surface area contributed by atoms with Crippen LogP contribution in [0.1, 0.15) is 11.1 Å². The lowest BCUT2D eigenvalue weighted by Gasteiger charge is -2.48. The molecule has 3 heterocycles. The zero-order valence-corrected chi connectivity index (χ0v) is 12.0. The number of hydrogen-bond donors (Lipinski definition) is 1. The lowest BCUT2D eigenvalue weighted by atomic mass is 9.95. The fourth-order valence-electron chi connectivity index (χ4n) is 3.63. The van der Waals surface area contributed by atoms with Gasteiger partial charge in [0.2, 0.25) is 0 Å². The first-order valence-electron chi connectivity index (χ1n) is 7.80. The van der Waals surface area contributed by atoms with Crippen LogP contribution in [0.25, 0.3) is 0 Å². The summed E-state index contributed by atoms with van der Waals surface area (Å²) in [5, 5.41) is 3.46. The van der Waals surface area contributed by atoms with E-state index in [2.05, 4.69) is 33.3 Å². The smallest absolute Gasteiger partial charge is 0.0594 e. The Morgan fingerprint density at radius 2 is 2.00 bits per heavy atom. The first-order chi connectivity index (χ1) is 9.92. The highest BCUT2D eigenvalue weighted by atomic mass is 16.5. The summed E-state index contributed by atoms with van der Waals surface area (Å²) in [6.07, 6.45) is 1.17. The van der Waals surface area contributed by atoms with E-state index >= 15 is 0 Å². The lowest BCUT2D eigenvalue weighted by molar-refractivity contribution is 0.0105. The Balaban J connectivity index is 1.45. The quantitative estimate of drug-likeness (QED) is 0.865. The highest BCUT2D eigenvalue weighted by Crippen LogP contribution is 2.31. The van der Waals surface area contributed by atoms with Gasteiger partial charge in [0.25, 0.3) is 0 Å². The van der Waals surface area contributed by atoms with Crippen LogP contribution < -0.4 is 10.2 Å². The van der Waals surface area contributed by atoms with Crippen molar-refractivity contribution in [2.75, 3.05) is 50.8 Å². The Bertz CT molecular complexity index is 479. The van der Waals surface area contributed by atoms with Crippen LogP contribution in [0.2, 0.25) is 0 Å². The largest absolute Gasteiger partial charge is 0.379 e. The number of fused-ring (bicyclic) bond motifs is 1. The van der Waals surface area contributed by atoms with E-state index in [-0.39, 0.29) is 0 Å². The molecule has 1 N–H and O–H groups in total. The highest BCUT2D eigenvalue weighted by molar-refractivity contribution is 5.59. The molecule has 1 aromatic carbocycles. The molecule has 108 valence electrons. The van der Waals surface area contributed by atoms with Crippen LogP contribution in [0.5, 0.6) is 0 Å². The first kappa shape index (κ1) is 12.6. The van der Waals surface area contributed by atoms with E-state index in [1.54, 1.807) is 5.56 Å².